The van der Waals surface area contributed by atoms with Gasteiger partial charge >= 0.3 is 12.2 Å². The molecular formula is C28H28F4N4O4. The summed E-state index contributed by atoms with van der Waals surface area (Å²) in [7, 11) is 0. The van der Waals surface area contributed by atoms with E-state index in [4.69, 9.17) is 0 Å². The van der Waals surface area contributed by atoms with Crippen LogP contribution in [0.1, 0.15) is 43.4 Å². The predicted molar refractivity (Wildman–Crippen MR) is 138 cm³/mol. The number of carbonyl (C=O) groups is 2. The summed E-state index contributed by atoms with van der Waals surface area (Å²) in [6.45, 7) is 4.38. The molecule has 0 spiro atoms. The Balaban J connectivity index is 1.41. The Kier molecular flexibility index (Phi) is 6.74. The Morgan fingerprint density at radius 1 is 1.10 bits per heavy atom. The summed E-state index contributed by atoms with van der Waals surface area (Å²) in [5.41, 5.74) is -2.43. The molecule has 2 aliphatic rings. The van der Waals surface area contributed by atoms with Crippen LogP contribution in [0.15, 0.2) is 42.6 Å². The number of imide groups is 1. The number of amides is 3. The molecule has 0 unspecified atom stereocenters. The van der Waals surface area contributed by atoms with Gasteiger partial charge in [0.15, 0.2) is 0 Å². The Hall–Kier alpha value is -3.77. The van der Waals surface area contributed by atoms with E-state index >= 15 is 4.39 Å². The van der Waals surface area contributed by atoms with E-state index in [-0.39, 0.29) is 50.0 Å². The molecule has 0 saturated carbocycles. The SMILES string of the molecule is CC1(C)CN(Cc2ccc(C(F)(F)F)cc2O)CC[C@]1(O)c1ccc2ncc(N3CCC(=O)NC3=O)cc2c1F. The van der Waals surface area contributed by atoms with Crippen LogP contribution in [-0.4, -0.2) is 51.7 Å². The van der Waals surface area contributed by atoms with Crippen molar-refractivity contribution < 1.29 is 37.4 Å². The van der Waals surface area contributed by atoms with Gasteiger partial charge in [0, 0.05) is 54.5 Å². The van der Waals surface area contributed by atoms with Gasteiger partial charge in [0.25, 0.3) is 0 Å². The highest BCUT2D eigenvalue weighted by Gasteiger charge is 2.50. The van der Waals surface area contributed by atoms with Gasteiger partial charge in [-0.05, 0) is 30.7 Å². The number of likely N-dealkylation sites (tertiary alicyclic amines) is 1. The molecule has 3 aromatic rings. The molecule has 0 bridgehead atoms. The molecule has 3 N–H and O–H groups in total. The van der Waals surface area contributed by atoms with Gasteiger partial charge in [-0.3, -0.25) is 24.9 Å². The molecule has 2 aromatic carbocycles. The van der Waals surface area contributed by atoms with Crippen LogP contribution in [0.2, 0.25) is 0 Å². The zero-order chi connectivity index (χ0) is 29.0. The summed E-state index contributed by atoms with van der Waals surface area (Å²) in [5, 5.41) is 24.4. The van der Waals surface area contributed by atoms with Crippen molar-refractivity contribution in [3.8, 4) is 5.75 Å². The van der Waals surface area contributed by atoms with Gasteiger partial charge < -0.3 is 10.2 Å². The molecule has 2 fully saturated rings. The van der Waals surface area contributed by atoms with Crippen LogP contribution in [0.5, 0.6) is 5.75 Å². The van der Waals surface area contributed by atoms with E-state index in [2.05, 4.69) is 10.3 Å². The predicted octanol–water partition coefficient (Wildman–Crippen LogP) is 4.66. The van der Waals surface area contributed by atoms with E-state index in [1.54, 1.807) is 19.9 Å². The normalized spacial score (nSPS) is 22.0. The van der Waals surface area contributed by atoms with E-state index in [9.17, 15) is 33.0 Å². The fraction of sp³-hybridized carbons (Fsp3) is 0.393. The fourth-order valence-corrected chi connectivity index (χ4v) is 5.61. The molecule has 212 valence electrons. The number of alkyl halides is 3. The molecular weight excluding hydrogens is 532 g/mol. The van der Waals surface area contributed by atoms with E-state index in [0.29, 0.717) is 22.8 Å². The number of fused-ring (bicyclic) bond motifs is 1. The van der Waals surface area contributed by atoms with Crippen LogP contribution in [-0.2, 0) is 23.1 Å². The molecule has 12 heteroatoms. The third-order valence-corrected chi connectivity index (χ3v) is 7.93. The maximum atomic E-state index is 16.1. The number of hydrogen-bond acceptors (Lipinski definition) is 6. The Labute approximate surface area is 227 Å². The molecule has 5 rings (SSSR count). The standard InChI is InChI=1S/C28H28F4N4O4/c1-26(2)15-35(14-16-3-4-17(11-22(16)37)28(30,31)32)10-8-27(26,40)20-5-6-21-19(24(20)29)12-18(13-33-21)36-9-7-23(38)34-25(36)39/h3-6,11-13,37,40H,7-10,14-15H2,1-2H3,(H,34,38,39)/t27-/m0/s1. The molecule has 3 heterocycles. The van der Waals surface area contributed by atoms with Crippen molar-refractivity contribution in [3.05, 3.63) is 65.1 Å². The van der Waals surface area contributed by atoms with Gasteiger partial charge in [0.1, 0.15) is 11.6 Å². The third kappa shape index (κ3) is 4.86. The maximum Gasteiger partial charge on any atom is 0.416 e. The zero-order valence-electron chi connectivity index (χ0n) is 21.8. The Bertz CT molecular complexity index is 1510. The average Bonchev–Trinajstić information content (AvgIpc) is 2.87. The lowest BCUT2D eigenvalue weighted by Crippen LogP contribution is -2.55. The largest absolute Gasteiger partial charge is 0.508 e. The summed E-state index contributed by atoms with van der Waals surface area (Å²) in [6.07, 6.45) is -2.93. The van der Waals surface area contributed by atoms with Crippen LogP contribution < -0.4 is 10.2 Å². The number of aromatic hydroxyl groups is 1. The number of hydrogen-bond donors (Lipinski definition) is 3. The maximum absolute atomic E-state index is 16.1. The number of urea groups is 1. The number of halogens is 4. The number of phenols is 1. The lowest BCUT2D eigenvalue weighted by Gasteiger charge is -2.50. The number of aromatic nitrogens is 1. The first-order chi connectivity index (χ1) is 18.7. The van der Waals surface area contributed by atoms with E-state index in [1.165, 1.54) is 29.3 Å². The number of benzene rings is 2. The summed E-state index contributed by atoms with van der Waals surface area (Å²) in [6, 6.07) is 6.78. The van der Waals surface area contributed by atoms with Crippen LogP contribution in [0.4, 0.5) is 28.0 Å². The quantitative estimate of drug-likeness (QED) is 0.401. The van der Waals surface area contributed by atoms with Crippen LogP contribution >= 0.6 is 0 Å². The van der Waals surface area contributed by atoms with Crippen molar-refractivity contribution >= 4 is 28.5 Å². The first-order valence-corrected chi connectivity index (χ1v) is 12.7. The summed E-state index contributed by atoms with van der Waals surface area (Å²) >= 11 is 0. The number of carbonyl (C=O) groups excluding carboxylic acids is 2. The topological polar surface area (TPSA) is 106 Å². The van der Waals surface area contributed by atoms with Crippen molar-refractivity contribution in [1.29, 1.82) is 0 Å². The van der Waals surface area contributed by atoms with Gasteiger partial charge in [0.05, 0.1) is 28.6 Å². The highest BCUT2D eigenvalue weighted by molar-refractivity contribution is 6.06. The van der Waals surface area contributed by atoms with Gasteiger partial charge in [-0.15, -0.1) is 0 Å². The Morgan fingerprint density at radius 2 is 1.85 bits per heavy atom. The van der Waals surface area contributed by atoms with Crippen molar-refractivity contribution in [2.45, 2.75) is 45.0 Å². The molecule has 8 nitrogen and oxygen atoms in total. The van der Waals surface area contributed by atoms with Crippen LogP contribution in [0.25, 0.3) is 10.9 Å². The number of pyridine rings is 1. The van der Waals surface area contributed by atoms with Gasteiger partial charge in [-0.2, -0.15) is 13.2 Å². The smallest absolute Gasteiger partial charge is 0.416 e. The minimum Gasteiger partial charge on any atom is -0.508 e. The third-order valence-electron chi connectivity index (χ3n) is 7.93. The number of anilines is 1. The highest BCUT2D eigenvalue weighted by atomic mass is 19.4. The fourth-order valence-electron chi connectivity index (χ4n) is 5.61. The second-order valence-electron chi connectivity index (χ2n) is 11.0. The molecule has 0 radical (unpaired) electrons. The zero-order valence-corrected chi connectivity index (χ0v) is 21.8. The molecule has 0 aliphatic carbocycles. The first-order valence-electron chi connectivity index (χ1n) is 12.7. The lowest BCUT2D eigenvalue weighted by molar-refractivity contribution is -0.137. The summed E-state index contributed by atoms with van der Waals surface area (Å²) in [4.78, 5) is 31.3. The minimum atomic E-state index is -4.57. The minimum absolute atomic E-state index is 0.0688. The number of aliphatic hydroxyl groups is 1. The molecule has 40 heavy (non-hydrogen) atoms. The van der Waals surface area contributed by atoms with E-state index in [1.807, 2.05) is 4.90 Å². The van der Waals surface area contributed by atoms with Crippen molar-refractivity contribution in [3.63, 3.8) is 0 Å². The van der Waals surface area contributed by atoms with Crippen molar-refractivity contribution in [2.24, 2.45) is 5.41 Å². The van der Waals surface area contributed by atoms with Crippen molar-refractivity contribution in [2.75, 3.05) is 24.5 Å². The number of phenolic OH excluding ortho intramolecular Hbond substituents is 1. The van der Waals surface area contributed by atoms with Gasteiger partial charge in [-0.25, -0.2) is 9.18 Å². The van der Waals surface area contributed by atoms with Crippen LogP contribution in [0.3, 0.4) is 0 Å². The second kappa shape index (κ2) is 9.70. The summed E-state index contributed by atoms with van der Waals surface area (Å²) < 4.78 is 55.0. The lowest BCUT2D eigenvalue weighted by atomic mass is 9.66. The highest BCUT2D eigenvalue weighted by Crippen LogP contribution is 2.48. The summed E-state index contributed by atoms with van der Waals surface area (Å²) in [5.74, 6) is -1.54. The first kappa shape index (κ1) is 27.8. The van der Waals surface area contributed by atoms with E-state index in [0.717, 1.165) is 6.07 Å². The van der Waals surface area contributed by atoms with Gasteiger partial charge in [0.2, 0.25) is 5.91 Å². The van der Waals surface area contributed by atoms with Gasteiger partial charge in [-0.1, -0.05) is 26.0 Å². The number of nitrogens with zero attached hydrogens (tertiary/aromatic N) is 3. The molecule has 3 amide bonds. The van der Waals surface area contributed by atoms with E-state index < -0.39 is 46.3 Å². The van der Waals surface area contributed by atoms with Crippen molar-refractivity contribution in [1.82, 2.24) is 15.2 Å². The molecule has 2 saturated heterocycles. The van der Waals surface area contributed by atoms with Crippen LogP contribution in [0, 0.1) is 11.2 Å². The molecule has 2 aliphatic heterocycles. The Morgan fingerprint density at radius 3 is 2.50 bits per heavy atom. The average molecular weight is 561 g/mol. The number of piperidine rings is 1. The monoisotopic (exact) mass is 560 g/mol. The number of rotatable bonds is 4. The molecule has 1 aromatic heterocycles. The number of nitrogens with one attached hydrogen (secondary N) is 1. The second-order valence-corrected chi connectivity index (χ2v) is 11.0. The molecule has 1 atom stereocenters.